The van der Waals surface area contributed by atoms with Gasteiger partial charge in [0.25, 0.3) is 0 Å². The maximum atomic E-state index is 9.30. The number of thioether (sulfide) groups is 1. The van der Waals surface area contributed by atoms with E-state index in [0.29, 0.717) is 6.61 Å². The second kappa shape index (κ2) is 7.04. The molecule has 6 heteroatoms. The Morgan fingerprint density at radius 1 is 1.50 bits per heavy atom. The summed E-state index contributed by atoms with van der Waals surface area (Å²) in [5, 5.41) is 10.1. The van der Waals surface area contributed by atoms with E-state index in [-0.39, 0.29) is 12.6 Å². The van der Waals surface area contributed by atoms with Gasteiger partial charge in [-0.15, -0.1) is 0 Å². The summed E-state index contributed by atoms with van der Waals surface area (Å²) in [4.78, 5) is 10.8. The van der Waals surface area contributed by atoms with Crippen LogP contribution in [0, 0.1) is 0 Å². The fourth-order valence-corrected chi connectivity index (χ4v) is 2.44. The molecular formula is C12H19N3O2S. The first-order valence-electron chi connectivity index (χ1n) is 6.20. The van der Waals surface area contributed by atoms with E-state index in [0.717, 1.165) is 36.2 Å². The van der Waals surface area contributed by atoms with Crippen molar-refractivity contribution in [3.05, 3.63) is 18.0 Å². The molecule has 1 aliphatic heterocycles. The molecule has 2 heterocycles. The third kappa shape index (κ3) is 3.65. The molecule has 2 rings (SSSR count). The SMILES string of the molecule is CCSc1ncc(CN2CCOC[C@H]2CO)cn1. The Morgan fingerprint density at radius 2 is 2.28 bits per heavy atom. The van der Waals surface area contributed by atoms with E-state index in [9.17, 15) is 5.11 Å². The van der Waals surface area contributed by atoms with Gasteiger partial charge in [0.1, 0.15) is 0 Å². The highest BCUT2D eigenvalue weighted by Crippen LogP contribution is 2.14. The molecule has 0 aromatic carbocycles. The van der Waals surface area contributed by atoms with Gasteiger partial charge in [-0.3, -0.25) is 4.90 Å². The van der Waals surface area contributed by atoms with E-state index in [1.54, 1.807) is 11.8 Å². The maximum absolute atomic E-state index is 9.30. The largest absolute Gasteiger partial charge is 0.395 e. The average Bonchev–Trinajstić information content (AvgIpc) is 2.42. The third-order valence-corrected chi connectivity index (χ3v) is 3.66. The molecule has 0 spiro atoms. The molecule has 0 unspecified atom stereocenters. The van der Waals surface area contributed by atoms with E-state index in [1.165, 1.54) is 0 Å². The number of morpholine rings is 1. The van der Waals surface area contributed by atoms with Crippen molar-refractivity contribution >= 4 is 11.8 Å². The molecule has 0 saturated carbocycles. The predicted molar refractivity (Wildman–Crippen MR) is 70.5 cm³/mol. The Labute approximate surface area is 112 Å². The minimum Gasteiger partial charge on any atom is -0.395 e. The van der Waals surface area contributed by atoms with E-state index in [1.807, 2.05) is 12.4 Å². The van der Waals surface area contributed by atoms with Crippen LogP contribution in [0.3, 0.4) is 0 Å². The molecule has 1 aromatic rings. The highest BCUT2D eigenvalue weighted by atomic mass is 32.2. The summed E-state index contributed by atoms with van der Waals surface area (Å²) >= 11 is 1.64. The minimum atomic E-state index is 0.0865. The Bertz CT molecular complexity index is 361. The Hall–Kier alpha value is -0.690. The molecule has 1 atom stereocenters. The molecule has 0 bridgehead atoms. The first-order valence-corrected chi connectivity index (χ1v) is 7.18. The molecular weight excluding hydrogens is 250 g/mol. The molecule has 100 valence electrons. The van der Waals surface area contributed by atoms with Crippen LogP contribution in [0.5, 0.6) is 0 Å². The first-order chi connectivity index (χ1) is 8.83. The van der Waals surface area contributed by atoms with E-state index in [2.05, 4.69) is 21.8 Å². The molecule has 0 amide bonds. The van der Waals surface area contributed by atoms with Gasteiger partial charge in [-0.25, -0.2) is 9.97 Å². The second-order valence-electron chi connectivity index (χ2n) is 4.19. The monoisotopic (exact) mass is 269 g/mol. The summed E-state index contributed by atoms with van der Waals surface area (Å²) in [5.41, 5.74) is 1.08. The van der Waals surface area contributed by atoms with Crippen LogP contribution < -0.4 is 0 Å². The quantitative estimate of drug-likeness (QED) is 0.630. The van der Waals surface area contributed by atoms with Gasteiger partial charge < -0.3 is 9.84 Å². The summed E-state index contributed by atoms with van der Waals surface area (Å²) in [6.07, 6.45) is 3.74. The molecule has 1 fully saturated rings. The van der Waals surface area contributed by atoms with Gasteiger partial charge in [-0.1, -0.05) is 18.7 Å². The van der Waals surface area contributed by atoms with Crippen molar-refractivity contribution in [3.63, 3.8) is 0 Å². The summed E-state index contributed by atoms with van der Waals surface area (Å²) in [6, 6.07) is 0.0865. The predicted octanol–water partition coefficient (Wildman–Crippen LogP) is 0.782. The van der Waals surface area contributed by atoms with Crippen LogP contribution in [0.2, 0.25) is 0 Å². The number of aliphatic hydroxyl groups is 1. The number of rotatable bonds is 5. The van der Waals surface area contributed by atoms with Gasteiger partial charge in [-0.05, 0) is 5.75 Å². The zero-order chi connectivity index (χ0) is 12.8. The van der Waals surface area contributed by atoms with Crippen LogP contribution in [-0.2, 0) is 11.3 Å². The fourth-order valence-electron chi connectivity index (χ4n) is 1.93. The van der Waals surface area contributed by atoms with Crippen LogP contribution in [-0.4, -0.2) is 58.1 Å². The van der Waals surface area contributed by atoms with Crippen LogP contribution >= 0.6 is 11.8 Å². The van der Waals surface area contributed by atoms with Gasteiger partial charge in [-0.2, -0.15) is 0 Å². The summed E-state index contributed by atoms with van der Waals surface area (Å²) in [7, 11) is 0. The topological polar surface area (TPSA) is 58.5 Å². The first kappa shape index (κ1) is 13.7. The number of ether oxygens (including phenoxy) is 1. The van der Waals surface area contributed by atoms with Gasteiger partial charge >= 0.3 is 0 Å². The maximum Gasteiger partial charge on any atom is 0.187 e. The standard InChI is InChI=1S/C12H19N3O2S/c1-2-18-12-13-5-10(6-14-12)7-15-3-4-17-9-11(15)8-16/h5-6,11,16H,2-4,7-9H2,1H3/t11-/m1/s1. The Morgan fingerprint density at radius 3 is 2.94 bits per heavy atom. The lowest BCUT2D eigenvalue weighted by atomic mass is 10.2. The molecule has 0 radical (unpaired) electrons. The lowest BCUT2D eigenvalue weighted by Crippen LogP contribution is -2.46. The molecule has 5 nitrogen and oxygen atoms in total. The van der Waals surface area contributed by atoms with Crippen molar-refractivity contribution in [3.8, 4) is 0 Å². The van der Waals surface area contributed by atoms with Crippen LogP contribution in [0.4, 0.5) is 0 Å². The molecule has 0 aliphatic carbocycles. The van der Waals surface area contributed by atoms with Crippen molar-refractivity contribution in [2.45, 2.75) is 24.7 Å². The minimum absolute atomic E-state index is 0.0865. The van der Waals surface area contributed by atoms with Crippen molar-refractivity contribution in [1.82, 2.24) is 14.9 Å². The Kier molecular flexibility index (Phi) is 5.37. The highest BCUT2D eigenvalue weighted by Gasteiger charge is 2.22. The van der Waals surface area contributed by atoms with E-state index >= 15 is 0 Å². The third-order valence-electron chi connectivity index (χ3n) is 2.90. The van der Waals surface area contributed by atoms with Gasteiger partial charge in [0.15, 0.2) is 5.16 Å². The van der Waals surface area contributed by atoms with Gasteiger partial charge in [0.05, 0.1) is 25.9 Å². The number of aromatic nitrogens is 2. The summed E-state index contributed by atoms with van der Waals surface area (Å²) in [6.45, 7) is 5.15. The number of nitrogens with zero attached hydrogens (tertiary/aromatic N) is 3. The van der Waals surface area contributed by atoms with E-state index < -0.39 is 0 Å². The smallest absolute Gasteiger partial charge is 0.187 e. The van der Waals surface area contributed by atoms with E-state index in [4.69, 9.17) is 4.74 Å². The van der Waals surface area contributed by atoms with Gasteiger partial charge in [0, 0.05) is 31.0 Å². The van der Waals surface area contributed by atoms with Crippen molar-refractivity contribution in [1.29, 1.82) is 0 Å². The number of hydrogen-bond donors (Lipinski definition) is 1. The van der Waals surface area contributed by atoms with Crippen molar-refractivity contribution < 1.29 is 9.84 Å². The molecule has 18 heavy (non-hydrogen) atoms. The van der Waals surface area contributed by atoms with Crippen molar-refractivity contribution in [2.75, 3.05) is 32.1 Å². The second-order valence-corrected chi connectivity index (χ2v) is 5.42. The zero-order valence-corrected chi connectivity index (χ0v) is 11.4. The lowest BCUT2D eigenvalue weighted by Gasteiger charge is -2.34. The average molecular weight is 269 g/mol. The summed E-state index contributed by atoms with van der Waals surface area (Å²) in [5.74, 6) is 0.982. The number of hydrogen-bond acceptors (Lipinski definition) is 6. The highest BCUT2D eigenvalue weighted by molar-refractivity contribution is 7.99. The van der Waals surface area contributed by atoms with Crippen LogP contribution in [0.15, 0.2) is 17.6 Å². The lowest BCUT2D eigenvalue weighted by molar-refractivity contribution is -0.0313. The molecule has 1 aliphatic rings. The zero-order valence-electron chi connectivity index (χ0n) is 10.6. The molecule has 1 N–H and O–H groups in total. The number of aliphatic hydroxyl groups excluding tert-OH is 1. The van der Waals surface area contributed by atoms with Crippen molar-refractivity contribution in [2.24, 2.45) is 0 Å². The molecule has 1 aromatic heterocycles. The summed E-state index contributed by atoms with van der Waals surface area (Å²) < 4.78 is 5.36. The molecule has 1 saturated heterocycles. The normalized spacial score (nSPS) is 21.1. The van der Waals surface area contributed by atoms with Gasteiger partial charge in [0.2, 0.25) is 0 Å². The Balaban J connectivity index is 1.95. The van der Waals surface area contributed by atoms with Crippen LogP contribution in [0.1, 0.15) is 12.5 Å². The fraction of sp³-hybridized carbons (Fsp3) is 0.667. The van der Waals surface area contributed by atoms with Crippen LogP contribution in [0.25, 0.3) is 0 Å².